The second kappa shape index (κ2) is 12.5. The molecule has 0 bridgehead atoms. The molecule has 132 valence electrons. The normalized spacial score (nSPS) is 27.1. The van der Waals surface area contributed by atoms with Crippen molar-refractivity contribution in [1.82, 2.24) is 10.6 Å². The fraction of sp³-hybridized carbons (Fsp3) is 0.889. The van der Waals surface area contributed by atoms with Gasteiger partial charge in [0.2, 0.25) is 11.8 Å². The van der Waals surface area contributed by atoms with E-state index >= 15 is 0 Å². The molecular formula is C18H38N2O2. The van der Waals surface area contributed by atoms with Gasteiger partial charge in [-0.2, -0.15) is 0 Å². The minimum atomic E-state index is 0.0648. The Hall–Kier alpha value is -1.06. The Morgan fingerprint density at radius 1 is 0.864 bits per heavy atom. The summed E-state index contributed by atoms with van der Waals surface area (Å²) < 4.78 is 0. The van der Waals surface area contributed by atoms with E-state index in [0.717, 1.165) is 25.7 Å². The summed E-state index contributed by atoms with van der Waals surface area (Å²) in [4.78, 5) is 22.0. The van der Waals surface area contributed by atoms with E-state index in [1.54, 1.807) is 6.92 Å². The fourth-order valence-electron chi connectivity index (χ4n) is 3.13. The van der Waals surface area contributed by atoms with Gasteiger partial charge in [0.05, 0.1) is 0 Å². The van der Waals surface area contributed by atoms with E-state index in [1.165, 1.54) is 0 Å². The number of hydrogen-bond acceptors (Lipinski definition) is 2. The van der Waals surface area contributed by atoms with Gasteiger partial charge in [-0.1, -0.05) is 48.5 Å². The van der Waals surface area contributed by atoms with Crippen molar-refractivity contribution < 1.29 is 9.59 Å². The van der Waals surface area contributed by atoms with Crippen LogP contribution in [0, 0.1) is 5.41 Å². The van der Waals surface area contributed by atoms with Gasteiger partial charge in [0.1, 0.15) is 0 Å². The average molecular weight is 315 g/mol. The summed E-state index contributed by atoms with van der Waals surface area (Å²) in [5, 5.41) is 5.96. The van der Waals surface area contributed by atoms with Crippen LogP contribution < -0.4 is 10.6 Å². The van der Waals surface area contributed by atoms with Crippen LogP contribution in [0.2, 0.25) is 0 Å². The van der Waals surface area contributed by atoms with Crippen molar-refractivity contribution in [3.8, 4) is 0 Å². The molecule has 2 aliphatic rings. The molecule has 2 saturated carbocycles. The van der Waals surface area contributed by atoms with E-state index in [0.29, 0.717) is 23.9 Å². The summed E-state index contributed by atoms with van der Waals surface area (Å²) in [6.07, 6.45) is 4.93. The van der Waals surface area contributed by atoms with E-state index in [-0.39, 0.29) is 11.8 Å². The van der Waals surface area contributed by atoms with Crippen molar-refractivity contribution in [3.63, 3.8) is 0 Å². The second-order valence-electron chi connectivity index (χ2n) is 5.33. The molecule has 0 aliphatic heterocycles. The summed E-state index contributed by atoms with van der Waals surface area (Å²) in [5.74, 6) is 0.215. The quantitative estimate of drug-likeness (QED) is 0.826. The first-order chi connectivity index (χ1) is 10.5. The van der Waals surface area contributed by atoms with Crippen LogP contribution in [-0.4, -0.2) is 23.9 Å². The van der Waals surface area contributed by atoms with Crippen molar-refractivity contribution in [3.05, 3.63) is 0 Å². The van der Waals surface area contributed by atoms with Gasteiger partial charge in [-0.3, -0.25) is 9.59 Å². The SMILES string of the molecule is CC.CC.CC.CCC(=O)NC1CC2(CC(NC(C)=O)C2)C1. The zero-order chi connectivity index (χ0) is 17.8. The Bertz CT molecular complexity index is 302. The number of carbonyl (C=O) groups is 2. The van der Waals surface area contributed by atoms with Crippen LogP contribution in [-0.2, 0) is 9.59 Å². The maximum Gasteiger partial charge on any atom is 0.219 e. The minimum absolute atomic E-state index is 0.0648. The molecule has 0 aromatic rings. The van der Waals surface area contributed by atoms with Gasteiger partial charge in [0, 0.05) is 25.4 Å². The Kier molecular flexibility index (Phi) is 13.2. The van der Waals surface area contributed by atoms with Crippen LogP contribution in [0.3, 0.4) is 0 Å². The molecule has 2 aliphatic carbocycles. The molecule has 1 spiro atoms. The summed E-state index contributed by atoms with van der Waals surface area (Å²) >= 11 is 0. The molecule has 0 radical (unpaired) electrons. The molecule has 0 unspecified atom stereocenters. The maximum absolute atomic E-state index is 11.2. The lowest BCUT2D eigenvalue weighted by molar-refractivity contribution is -0.126. The Morgan fingerprint density at radius 2 is 1.23 bits per heavy atom. The first-order valence-corrected chi connectivity index (χ1v) is 9.09. The Labute approximate surface area is 137 Å². The predicted molar refractivity (Wildman–Crippen MR) is 94.8 cm³/mol. The molecule has 2 rings (SSSR count). The molecule has 4 heteroatoms. The van der Waals surface area contributed by atoms with Gasteiger partial charge in [-0.05, 0) is 31.1 Å². The molecule has 0 saturated heterocycles. The third-order valence-electron chi connectivity index (χ3n) is 3.81. The lowest BCUT2D eigenvalue weighted by Crippen LogP contribution is -2.61. The lowest BCUT2D eigenvalue weighted by Gasteiger charge is -2.57. The van der Waals surface area contributed by atoms with Crippen molar-refractivity contribution in [2.45, 2.75) is 99.6 Å². The predicted octanol–water partition coefficient (Wildman–Crippen LogP) is 4.04. The molecule has 4 nitrogen and oxygen atoms in total. The number of rotatable bonds is 3. The molecule has 0 heterocycles. The van der Waals surface area contributed by atoms with E-state index in [9.17, 15) is 9.59 Å². The lowest BCUT2D eigenvalue weighted by atomic mass is 9.52. The van der Waals surface area contributed by atoms with Crippen molar-refractivity contribution in [1.29, 1.82) is 0 Å². The Morgan fingerprint density at radius 3 is 1.55 bits per heavy atom. The molecule has 2 N–H and O–H groups in total. The highest BCUT2D eigenvalue weighted by molar-refractivity contribution is 5.76. The fourth-order valence-corrected chi connectivity index (χ4v) is 3.13. The molecular weight excluding hydrogens is 276 g/mol. The summed E-state index contributed by atoms with van der Waals surface area (Å²) in [7, 11) is 0. The topological polar surface area (TPSA) is 58.2 Å². The van der Waals surface area contributed by atoms with Crippen molar-refractivity contribution >= 4 is 11.8 Å². The summed E-state index contributed by atoms with van der Waals surface area (Å²) in [6, 6.07) is 0.756. The summed E-state index contributed by atoms with van der Waals surface area (Å²) in [6.45, 7) is 15.4. The smallest absolute Gasteiger partial charge is 0.219 e. The van der Waals surface area contributed by atoms with E-state index in [2.05, 4.69) is 10.6 Å². The number of carbonyl (C=O) groups excluding carboxylic acids is 2. The number of hydrogen-bond donors (Lipinski definition) is 2. The standard InChI is InChI=1S/C12H20N2O2.3C2H6/c1-3-11(16)14-10-6-12(7-10)4-9(5-12)13-8(2)15;3*1-2/h9-10H,3-7H2,1-2H3,(H,13,15)(H,14,16);3*1-2H3. The maximum atomic E-state index is 11.2. The highest BCUT2D eigenvalue weighted by Gasteiger charge is 2.53. The molecule has 2 amide bonds. The van der Waals surface area contributed by atoms with Crippen LogP contribution >= 0.6 is 0 Å². The molecule has 22 heavy (non-hydrogen) atoms. The van der Waals surface area contributed by atoms with Crippen LogP contribution in [0.1, 0.15) is 87.5 Å². The van der Waals surface area contributed by atoms with Gasteiger partial charge >= 0.3 is 0 Å². The van der Waals surface area contributed by atoms with Gasteiger partial charge < -0.3 is 10.6 Å². The number of amides is 2. The first kappa shape index (κ1) is 23.2. The van der Waals surface area contributed by atoms with Gasteiger partial charge in [-0.15, -0.1) is 0 Å². The number of nitrogens with one attached hydrogen (secondary N) is 2. The van der Waals surface area contributed by atoms with Gasteiger partial charge in [0.15, 0.2) is 0 Å². The van der Waals surface area contributed by atoms with E-state index < -0.39 is 0 Å². The highest BCUT2D eigenvalue weighted by Crippen LogP contribution is 2.55. The first-order valence-electron chi connectivity index (χ1n) is 9.09. The average Bonchev–Trinajstić information content (AvgIpc) is 2.48. The van der Waals surface area contributed by atoms with Gasteiger partial charge in [-0.25, -0.2) is 0 Å². The van der Waals surface area contributed by atoms with Crippen LogP contribution in [0.25, 0.3) is 0 Å². The molecule has 0 atom stereocenters. The monoisotopic (exact) mass is 314 g/mol. The second-order valence-corrected chi connectivity index (χ2v) is 5.33. The molecule has 0 aromatic heterocycles. The zero-order valence-corrected chi connectivity index (χ0v) is 16.0. The van der Waals surface area contributed by atoms with Crippen LogP contribution in [0.15, 0.2) is 0 Å². The van der Waals surface area contributed by atoms with Crippen molar-refractivity contribution in [2.75, 3.05) is 0 Å². The third-order valence-corrected chi connectivity index (χ3v) is 3.81. The zero-order valence-electron chi connectivity index (χ0n) is 16.0. The largest absolute Gasteiger partial charge is 0.354 e. The molecule has 2 fully saturated rings. The van der Waals surface area contributed by atoms with Crippen molar-refractivity contribution in [2.24, 2.45) is 5.41 Å². The van der Waals surface area contributed by atoms with E-state index in [1.807, 2.05) is 48.5 Å². The van der Waals surface area contributed by atoms with Crippen LogP contribution in [0.4, 0.5) is 0 Å². The summed E-state index contributed by atoms with van der Waals surface area (Å²) in [5.41, 5.74) is 0.429. The minimum Gasteiger partial charge on any atom is -0.354 e. The van der Waals surface area contributed by atoms with Crippen LogP contribution in [0.5, 0.6) is 0 Å². The Balaban J connectivity index is 0. The third kappa shape index (κ3) is 7.28. The highest BCUT2D eigenvalue weighted by atomic mass is 16.2. The molecule has 0 aromatic carbocycles. The van der Waals surface area contributed by atoms with E-state index in [4.69, 9.17) is 0 Å². The van der Waals surface area contributed by atoms with Gasteiger partial charge in [0.25, 0.3) is 0 Å².